The number of hydrogen-bond acceptors (Lipinski definition) is 5. The number of H-pyrrole nitrogens is 2. The highest BCUT2D eigenvalue weighted by Gasteiger charge is 2.20. The summed E-state index contributed by atoms with van der Waals surface area (Å²) in [4.78, 5) is 28.9. The molecular formula is C19H19N5OS. The fourth-order valence-corrected chi connectivity index (χ4v) is 5.07. The Hall–Kier alpha value is -2.67. The molecule has 0 amide bonds. The number of anilines is 1. The van der Waals surface area contributed by atoms with Crippen molar-refractivity contribution in [1.82, 2.24) is 19.9 Å². The lowest BCUT2D eigenvalue weighted by atomic mass is 9.97. The molecule has 1 aromatic carbocycles. The van der Waals surface area contributed by atoms with Crippen LogP contribution in [0.15, 0.2) is 23.0 Å². The van der Waals surface area contributed by atoms with E-state index in [9.17, 15) is 4.79 Å². The van der Waals surface area contributed by atoms with Crippen molar-refractivity contribution in [2.24, 2.45) is 0 Å². The van der Waals surface area contributed by atoms with Crippen LogP contribution in [-0.2, 0) is 19.4 Å². The smallest absolute Gasteiger partial charge is 0.323 e. The van der Waals surface area contributed by atoms with Crippen molar-refractivity contribution in [2.75, 3.05) is 5.32 Å². The van der Waals surface area contributed by atoms with Crippen molar-refractivity contribution < 1.29 is 0 Å². The van der Waals surface area contributed by atoms with Crippen molar-refractivity contribution in [1.29, 1.82) is 0 Å². The fourth-order valence-electron chi connectivity index (χ4n) is 3.77. The van der Waals surface area contributed by atoms with E-state index in [1.54, 1.807) is 0 Å². The summed E-state index contributed by atoms with van der Waals surface area (Å²) in [7, 11) is 0. The second kappa shape index (κ2) is 5.95. The molecule has 5 rings (SSSR count). The zero-order chi connectivity index (χ0) is 17.7. The molecule has 0 unspecified atom stereocenters. The van der Waals surface area contributed by atoms with Gasteiger partial charge in [0.15, 0.2) is 0 Å². The first-order valence-corrected chi connectivity index (χ1v) is 9.73. The van der Waals surface area contributed by atoms with E-state index in [-0.39, 0.29) is 5.69 Å². The maximum atomic E-state index is 11.4. The number of fused-ring (bicyclic) bond motifs is 4. The first-order valence-electron chi connectivity index (χ1n) is 8.91. The van der Waals surface area contributed by atoms with Gasteiger partial charge in [0.25, 0.3) is 0 Å². The van der Waals surface area contributed by atoms with E-state index < -0.39 is 0 Å². The quantitative estimate of drug-likeness (QED) is 0.517. The predicted octanol–water partition coefficient (Wildman–Crippen LogP) is 3.66. The van der Waals surface area contributed by atoms with Crippen LogP contribution in [0.5, 0.6) is 0 Å². The van der Waals surface area contributed by atoms with Gasteiger partial charge in [0.2, 0.25) is 0 Å². The van der Waals surface area contributed by atoms with Crippen LogP contribution in [0.1, 0.15) is 34.7 Å². The Balaban J connectivity index is 1.51. The fraction of sp³-hybridized carbons (Fsp3) is 0.316. The number of benzene rings is 1. The van der Waals surface area contributed by atoms with Crippen LogP contribution in [0.4, 0.5) is 5.82 Å². The maximum absolute atomic E-state index is 11.4. The normalized spacial score (nSPS) is 14.0. The van der Waals surface area contributed by atoms with Gasteiger partial charge in [-0.15, -0.1) is 11.3 Å². The average Bonchev–Trinajstić information content (AvgIpc) is 3.17. The monoisotopic (exact) mass is 365 g/mol. The van der Waals surface area contributed by atoms with E-state index in [4.69, 9.17) is 0 Å². The van der Waals surface area contributed by atoms with Crippen LogP contribution in [0.3, 0.4) is 0 Å². The Labute approximate surface area is 153 Å². The molecule has 0 atom stereocenters. The van der Waals surface area contributed by atoms with Crippen LogP contribution >= 0.6 is 11.3 Å². The number of rotatable bonds is 3. The van der Waals surface area contributed by atoms with E-state index in [0.29, 0.717) is 6.54 Å². The van der Waals surface area contributed by atoms with Crippen molar-refractivity contribution in [3.8, 4) is 0 Å². The average molecular weight is 365 g/mol. The molecule has 0 bridgehead atoms. The number of hydrogen-bond donors (Lipinski definition) is 3. The number of aromatic nitrogens is 4. The summed E-state index contributed by atoms with van der Waals surface area (Å²) in [6, 6.07) is 5.94. The summed E-state index contributed by atoms with van der Waals surface area (Å²) in [5.41, 5.74) is 4.01. The third-order valence-corrected chi connectivity index (χ3v) is 6.15. The highest BCUT2D eigenvalue weighted by molar-refractivity contribution is 7.19. The topological polar surface area (TPSA) is 86.5 Å². The van der Waals surface area contributed by atoms with E-state index in [1.165, 1.54) is 28.7 Å². The summed E-state index contributed by atoms with van der Waals surface area (Å²) >= 11 is 1.82. The molecule has 0 saturated carbocycles. The zero-order valence-electron chi connectivity index (χ0n) is 14.5. The molecule has 0 spiro atoms. The van der Waals surface area contributed by atoms with Crippen molar-refractivity contribution in [3.63, 3.8) is 0 Å². The summed E-state index contributed by atoms with van der Waals surface area (Å²) in [6.45, 7) is 2.60. The van der Waals surface area contributed by atoms with E-state index >= 15 is 0 Å². The molecule has 3 aromatic heterocycles. The van der Waals surface area contributed by atoms with Crippen molar-refractivity contribution >= 4 is 38.4 Å². The molecule has 0 saturated heterocycles. The summed E-state index contributed by atoms with van der Waals surface area (Å²) in [6.07, 6.45) is 4.78. The lowest BCUT2D eigenvalue weighted by Crippen LogP contribution is -2.05. The first-order chi connectivity index (χ1) is 12.7. The Morgan fingerprint density at radius 3 is 2.92 bits per heavy atom. The highest BCUT2D eigenvalue weighted by Crippen LogP contribution is 2.38. The van der Waals surface area contributed by atoms with Gasteiger partial charge in [0.1, 0.15) is 16.5 Å². The lowest BCUT2D eigenvalue weighted by Gasteiger charge is -2.13. The minimum atomic E-state index is -0.178. The second-order valence-electron chi connectivity index (χ2n) is 6.82. The Morgan fingerprint density at radius 1 is 1.15 bits per heavy atom. The predicted molar refractivity (Wildman–Crippen MR) is 105 cm³/mol. The van der Waals surface area contributed by atoms with Gasteiger partial charge < -0.3 is 15.3 Å². The van der Waals surface area contributed by atoms with Gasteiger partial charge >= 0.3 is 5.69 Å². The summed E-state index contributed by atoms with van der Waals surface area (Å²) < 4.78 is 0. The largest absolute Gasteiger partial charge is 0.365 e. The number of imidazole rings is 1. The van der Waals surface area contributed by atoms with Gasteiger partial charge in [-0.25, -0.2) is 14.8 Å². The molecule has 3 N–H and O–H groups in total. The van der Waals surface area contributed by atoms with Crippen LogP contribution in [0.25, 0.3) is 21.3 Å². The third kappa shape index (κ3) is 2.59. The molecular weight excluding hydrogens is 346 g/mol. The molecule has 0 aliphatic heterocycles. The molecule has 0 radical (unpaired) electrons. The molecule has 132 valence electrons. The second-order valence-corrected chi connectivity index (χ2v) is 7.91. The number of nitrogens with zero attached hydrogens (tertiary/aromatic N) is 2. The first kappa shape index (κ1) is 15.6. The third-order valence-electron chi connectivity index (χ3n) is 4.97. The minimum Gasteiger partial charge on any atom is -0.365 e. The van der Waals surface area contributed by atoms with Gasteiger partial charge in [-0.3, -0.25) is 0 Å². The van der Waals surface area contributed by atoms with Gasteiger partial charge in [-0.05, 0) is 55.9 Å². The van der Waals surface area contributed by atoms with E-state index in [2.05, 4.69) is 25.3 Å². The van der Waals surface area contributed by atoms with E-state index in [1.807, 2.05) is 36.5 Å². The number of thiophene rings is 1. The Kier molecular flexibility index (Phi) is 3.56. The van der Waals surface area contributed by atoms with Gasteiger partial charge in [0, 0.05) is 11.4 Å². The molecule has 0 fully saturated rings. The van der Waals surface area contributed by atoms with Crippen LogP contribution in [0, 0.1) is 6.92 Å². The molecule has 4 aromatic rings. The van der Waals surface area contributed by atoms with Crippen LogP contribution in [-0.4, -0.2) is 19.9 Å². The number of aryl methyl sites for hydroxylation is 3. The van der Waals surface area contributed by atoms with Crippen molar-refractivity contribution in [3.05, 3.63) is 50.5 Å². The number of nitrogens with one attached hydrogen (secondary N) is 3. The summed E-state index contributed by atoms with van der Waals surface area (Å²) in [5, 5.41) is 4.71. The number of aromatic amines is 2. The SMILES string of the molecule is Cc1nc(NCc2ccc3[nH]c(=O)[nH]c3c2)c2c3c(sc2n1)CCCC3. The lowest BCUT2D eigenvalue weighted by molar-refractivity contribution is 0.700. The maximum Gasteiger partial charge on any atom is 0.323 e. The van der Waals surface area contributed by atoms with Crippen LogP contribution in [0.2, 0.25) is 0 Å². The van der Waals surface area contributed by atoms with Gasteiger partial charge in [0.05, 0.1) is 16.4 Å². The molecule has 1 aliphatic carbocycles. The standard InChI is InChI=1S/C19H19N5OS/c1-10-21-17(16-12-4-2-3-5-15(12)26-18(16)22-10)20-9-11-6-7-13-14(8-11)24-19(25)23-13/h6-8H,2-5,9H2,1H3,(H,20,21,22)(H2,23,24,25). The van der Waals surface area contributed by atoms with Gasteiger partial charge in [-0.2, -0.15) is 0 Å². The highest BCUT2D eigenvalue weighted by atomic mass is 32.1. The van der Waals surface area contributed by atoms with Crippen molar-refractivity contribution in [2.45, 2.75) is 39.2 Å². The van der Waals surface area contributed by atoms with Gasteiger partial charge in [-0.1, -0.05) is 6.07 Å². The van der Waals surface area contributed by atoms with E-state index in [0.717, 1.165) is 45.9 Å². The molecule has 3 heterocycles. The molecule has 26 heavy (non-hydrogen) atoms. The molecule has 6 nitrogen and oxygen atoms in total. The Bertz CT molecular complexity index is 1190. The zero-order valence-corrected chi connectivity index (χ0v) is 15.3. The molecule has 7 heteroatoms. The minimum absolute atomic E-state index is 0.178. The summed E-state index contributed by atoms with van der Waals surface area (Å²) in [5.74, 6) is 1.72. The van der Waals surface area contributed by atoms with Crippen LogP contribution < -0.4 is 11.0 Å². The Morgan fingerprint density at radius 2 is 2.00 bits per heavy atom. The molecule has 1 aliphatic rings.